The van der Waals surface area contributed by atoms with Gasteiger partial charge < -0.3 is 14.5 Å². The van der Waals surface area contributed by atoms with E-state index in [1.807, 2.05) is 0 Å². The lowest BCUT2D eigenvalue weighted by Gasteiger charge is -2.45. The molecule has 0 saturated heterocycles. The molecular formula is C19H23NO2. The summed E-state index contributed by atoms with van der Waals surface area (Å²) in [7, 11) is 0. The Kier molecular flexibility index (Phi) is 2.52. The van der Waals surface area contributed by atoms with Gasteiger partial charge in [0.25, 0.3) is 0 Å². The van der Waals surface area contributed by atoms with E-state index in [0.717, 1.165) is 30.4 Å². The maximum absolute atomic E-state index is 5.93. The minimum atomic E-state index is 0.315. The first kappa shape index (κ1) is 13.0. The molecule has 1 heterocycles. The Morgan fingerprint density at radius 1 is 1.27 bits per heavy atom. The number of hydrogen-bond acceptors (Lipinski definition) is 3. The molecule has 0 amide bonds. The van der Waals surface area contributed by atoms with Crippen LogP contribution in [0.25, 0.3) is 0 Å². The zero-order chi connectivity index (χ0) is 14.8. The van der Waals surface area contributed by atoms with Crippen LogP contribution in [0.5, 0.6) is 11.5 Å². The molecular weight excluding hydrogens is 274 g/mol. The number of ether oxygens (including phenoxy) is 2. The average Bonchev–Trinajstić information content (AvgIpc) is 3.07. The standard InChI is InChI=1S/C19H23NO2/c1-20-11-18-8-13-5-6-15-17(22-12-21-15)16(13)19(10-18)7-3-2-4-14(19)9-18/h5-6,14H,1-4,7-12H2/t14-,18?,19+/m1/s1. The van der Waals surface area contributed by atoms with E-state index in [4.69, 9.17) is 9.47 Å². The molecule has 1 spiro atoms. The second kappa shape index (κ2) is 4.27. The zero-order valence-electron chi connectivity index (χ0n) is 13.1. The molecule has 3 atom stereocenters. The molecule has 2 saturated carbocycles. The molecule has 2 bridgehead atoms. The minimum absolute atomic E-state index is 0.315. The van der Waals surface area contributed by atoms with Crippen LogP contribution in [0.15, 0.2) is 17.1 Å². The summed E-state index contributed by atoms with van der Waals surface area (Å²) < 4.78 is 11.6. The summed E-state index contributed by atoms with van der Waals surface area (Å²) in [6.45, 7) is 5.10. The summed E-state index contributed by atoms with van der Waals surface area (Å²) in [5, 5.41) is 0. The van der Waals surface area contributed by atoms with E-state index in [1.165, 1.54) is 49.7 Å². The van der Waals surface area contributed by atoms with Crippen molar-refractivity contribution in [2.75, 3.05) is 13.3 Å². The minimum Gasteiger partial charge on any atom is -0.454 e. The van der Waals surface area contributed by atoms with Crippen molar-refractivity contribution >= 4 is 6.72 Å². The zero-order valence-corrected chi connectivity index (χ0v) is 13.1. The molecule has 22 heavy (non-hydrogen) atoms. The van der Waals surface area contributed by atoms with Crippen LogP contribution in [0.4, 0.5) is 0 Å². The van der Waals surface area contributed by atoms with Gasteiger partial charge >= 0.3 is 0 Å². The van der Waals surface area contributed by atoms with Crippen molar-refractivity contribution in [3.63, 3.8) is 0 Å². The molecule has 0 radical (unpaired) electrons. The molecule has 1 aliphatic heterocycles. The lowest BCUT2D eigenvalue weighted by Crippen LogP contribution is -2.39. The summed E-state index contributed by atoms with van der Waals surface area (Å²) in [5.41, 5.74) is 3.65. The van der Waals surface area contributed by atoms with Gasteiger partial charge in [-0.15, -0.1) is 0 Å². The lowest BCUT2D eigenvalue weighted by molar-refractivity contribution is 0.164. The Morgan fingerprint density at radius 3 is 3.14 bits per heavy atom. The Balaban J connectivity index is 1.74. The second-order valence-electron chi connectivity index (χ2n) is 7.87. The van der Waals surface area contributed by atoms with E-state index in [1.54, 1.807) is 0 Å². The van der Waals surface area contributed by atoms with Gasteiger partial charge in [0.15, 0.2) is 11.5 Å². The van der Waals surface area contributed by atoms with Crippen molar-refractivity contribution in [2.24, 2.45) is 16.3 Å². The third kappa shape index (κ3) is 1.50. The fourth-order valence-electron chi connectivity index (χ4n) is 6.18. The summed E-state index contributed by atoms with van der Waals surface area (Å²) >= 11 is 0. The van der Waals surface area contributed by atoms with E-state index in [-0.39, 0.29) is 0 Å². The molecule has 3 aliphatic carbocycles. The second-order valence-corrected chi connectivity index (χ2v) is 7.87. The van der Waals surface area contributed by atoms with E-state index < -0.39 is 0 Å². The first-order chi connectivity index (χ1) is 10.8. The van der Waals surface area contributed by atoms with Gasteiger partial charge in [0.2, 0.25) is 6.79 Å². The number of nitrogens with zero attached hydrogens (tertiary/aromatic N) is 1. The van der Waals surface area contributed by atoms with E-state index in [9.17, 15) is 0 Å². The van der Waals surface area contributed by atoms with Crippen LogP contribution in [0.3, 0.4) is 0 Å². The Hall–Kier alpha value is -1.51. The van der Waals surface area contributed by atoms with Crippen LogP contribution in [0.1, 0.15) is 49.7 Å². The van der Waals surface area contributed by atoms with E-state index in [0.29, 0.717) is 17.6 Å². The first-order valence-corrected chi connectivity index (χ1v) is 8.61. The van der Waals surface area contributed by atoms with Gasteiger partial charge in [0, 0.05) is 17.5 Å². The fraction of sp³-hybridized carbons (Fsp3) is 0.632. The van der Waals surface area contributed by atoms with Gasteiger partial charge in [-0.3, -0.25) is 0 Å². The fourth-order valence-corrected chi connectivity index (χ4v) is 6.18. The molecule has 3 heteroatoms. The van der Waals surface area contributed by atoms with E-state index >= 15 is 0 Å². The molecule has 5 rings (SSSR count). The van der Waals surface area contributed by atoms with Crippen LogP contribution < -0.4 is 9.47 Å². The highest BCUT2D eigenvalue weighted by atomic mass is 16.7. The van der Waals surface area contributed by atoms with Gasteiger partial charge in [-0.25, -0.2) is 0 Å². The topological polar surface area (TPSA) is 30.8 Å². The van der Waals surface area contributed by atoms with Crippen molar-refractivity contribution in [3.8, 4) is 11.5 Å². The van der Waals surface area contributed by atoms with E-state index in [2.05, 4.69) is 23.8 Å². The monoisotopic (exact) mass is 297 g/mol. The highest BCUT2D eigenvalue weighted by Crippen LogP contribution is 2.67. The number of rotatable bonds is 2. The molecule has 2 fully saturated rings. The van der Waals surface area contributed by atoms with Crippen molar-refractivity contribution in [1.29, 1.82) is 0 Å². The van der Waals surface area contributed by atoms with Crippen molar-refractivity contribution in [3.05, 3.63) is 23.3 Å². The lowest BCUT2D eigenvalue weighted by atomic mass is 9.59. The highest BCUT2D eigenvalue weighted by molar-refractivity contribution is 5.58. The Labute approximate surface area is 131 Å². The van der Waals surface area contributed by atoms with Gasteiger partial charge in [0.1, 0.15) is 0 Å². The Bertz CT molecular complexity index is 655. The van der Waals surface area contributed by atoms with Crippen molar-refractivity contribution in [2.45, 2.75) is 50.4 Å². The van der Waals surface area contributed by atoms with Crippen molar-refractivity contribution < 1.29 is 9.47 Å². The number of hydrogen-bond donors (Lipinski definition) is 0. The van der Waals surface area contributed by atoms with Crippen LogP contribution in [0, 0.1) is 11.3 Å². The predicted octanol–water partition coefficient (Wildman–Crippen LogP) is 3.88. The molecule has 4 aliphatic rings. The average molecular weight is 297 g/mol. The van der Waals surface area contributed by atoms with Gasteiger partial charge in [-0.2, -0.15) is 0 Å². The molecule has 1 aromatic carbocycles. The number of fused-ring (bicyclic) bond motifs is 4. The first-order valence-electron chi connectivity index (χ1n) is 8.61. The SMILES string of the molecule is C=NCC12Cc3ccc4c(c3[C@@]3(CCCC[C@@H]3C1)C2)OCO4. The van der Waals surface area contributed by atoms with Gasteiger partial charge in [-0.05, 0) is 61.8 Å². The largest absolute Gasteiger partial charge is 0.454 e. The smallest absolute Gasteiger partial charge is 0.231 e. The van der Waals surface area contributed by atoms with Crippen LogP contribution in [-0.2, 0) is 11.8 Å². The van der Waals surface area contributed by atoms with Crippen LogP contribution >= 0.6 is 0 Å². The molecule has 0 aromatic heterocycles. The predicted molar refractivity (Wildman–Crippen MR) is 86.0 cm³/mol. The van der Waals surface area contributed by atoms with Crippen LogP contribution in [0.2, 0.25) is 0 Å². The van der Waals surface area contributed by atoms with Gasteiger partial charge in [0.05, 0.1) is 0 Å². The quantitative estimate of drug-likeness (QED) is 0.776. The molecule has 3 nitrogen and oxygen atoms in total. The molecule has 1 unspecified atom stereocenters. The summed E-state index contributed by atoms with van der Waals surface area (Å²) in [4.78, 5) is 4.32. The number of aliphatic imine (C=N–C) groups is 1. The summed E-state index contributed by atoms with van der Waals surface area (Å²) in [6.07, 6.45) is 9.12. The molecule has 1 aromatic rings. The maximum Gasteiger partial charge on any atom is 0.231 e. The molecule has 0 N–H and O–H groups in total. The highest BCUT2D eigenvalue weighted by Gasteiger charge is 2.60. The third-order valence-corrected chi connectivity index (χ3v) is 6.71. The van der Waals surface area contributed by atoms with Gasteiger partial charge in [-0.1, -0.05) is 18.9 Å². The third-order valence-electron chi connectivity index (χ3n) is 6.71. The normalized spacial score (nSPS) is 37.5. The van der Waals surface area contributed by atoms with Crippen LogP contribution in [-0.4, -0.2) is 20.1 Å². The summed E-state index contributed by atoms with van der Waals surface area (Å²) in [6, 6.07) is 4.40. The number of benzene rings is 1. The summed E-state index contributed by atoms with van der Waals surface area (Å²) in [5.74, 6) is 2.81. The maximum atomic E-state index is 5.93. The van der Waals surface area contributed by atoms with Crippen molar-refractivity contribution in [1.82, 2.24) is 0 Å². The Morgan fingerprint density at radius 2 is 2.23 bits per heavy atom. The molecule has 116 valence electrons.